The van der Waals surface area contributed by atoms with E-state index in [1.807, 2.05) is 0 Å². The first-order valence-corrected chi connectivity index (χ1v) is 8.02. The molecule has 1 aliphatic heterocycles. The van der Waals surface area contributed by atoms with Gasteiger partial charge in [0.05, 0.1) is 19.0 Å². The van der Waals surface area contributed by atoms with Gasteiger partial charge in [-0.1, -0.05) is 0 Å². The third-order valence-electron chi connectivity index (χ3n) is 4.26. The van der Waals surface area contributed by atoms with Crippen molar-refractivity contribution in [2.75, 3.05) is 11.9 Å². The highest BCUT2D eigenvalue weighted by atomic mass is 16.5. The number of rotatable bonds is 4. The smallest absolute Gasteiger partial charge is 0.280 e. The molecule has 4 rings (SSSR count). The molecule has 1 saturated heterocycles. The second kappa shape index (κ2) is 6.41. The number of imidazole rings is 1. The number of nitrogens with one attached hydrogen (secondary N) is 2. The third-order valence-corrected chi connectivity index (χ3v) is 4.26. The van der Waals surface area contributed by atoms with Gasteiger partial charge in [0, 0.05) is 12.1 Å². The molecule has 5 N–H and O–H groups in total. The van der Waals surface area contributed by atoms with E-state index in [1.54, 1.807) is 16.7 Å². The molecule has 1 aromatic carbocycles. The number of phenolic OH excluding ortho intramolecular Hbond substituents is 1. The molecule has 3 aromatic rings. The molecule has 0 aliphatic carbocycles. The molecule has 1 fully saturated rings. The Morgan fingerprint density at radius 3 is 2.81 bits per heavy atom. The number of aromatic hydroxyl groups is 1. The standard InChI is InChI=1S/C16H17N5O5/c22-6-11-10(24)5-12(26-11)21-7-17-13-14(21)19-16(20-15(13)25)18-8-1-3-9(23)4-2-8/h1-4,7,10-12,22-24H,5-6H2,(H2,18,19,20,25)/t10?,11-,12-/m1/s1. The van der Waals surface area contributed by atoms with Crippen molar-refractivity contribution in [2.45, 2.75) is 24.9 Å². The number of hydrogen-bond acceptors (Lipinski definition) is 8. The molecule has 136 valence electrons. The maximum Gasteiger partial charge on any atom is 0.280 e. The fraction of sp³-hybridized carbons (Fsp3) is 0.312. The van der Waals surface area contributed by atoms with E-state index < -0.39 is 24.0 Å². The maximum atomic E-state index is 12.3. The van der Waals surface area contributed by atoms with E-state index in [0.717, 1.165) is 0 Å². The minimum absolute atomic E-state index is 0.126. The molecule has 10 nitrogen and oxygen atoms in total. The number of ether oxygens (including phenoxy) is 1. The number of phenols is 1. The maximum absolute atomic E-state index is 12.3. The highest BCUT2D eigenvalue weighted by Gasteiger charge is 2.35. The lowest BCUT2D eigenvalue weighted by Gasteiger charge is -2.14. The van der Waals surface area contributed by atoms with Crippen LogP contribution in [0.15, 0.2) is 35.4 Å². The number of aliphatic hydroxyl groups is 2. The number of anilines is 2. The zero-order valence-electron chi connectivity index (χ0n) is 13.5. The van der Waals surface area contributed by atoms with Crippen molar-refractivity contribution < 1.29 is 20.1 Å². The highest BCUT2D eigenvalue weighted by Crippen LogP contribution is 2.30. The Hall–Kier alpha value is -2.95. The van der Waals surface area contributed by atoms with E-state index >= 15 is 0 Å². The summed E-state index contributed by atoms with van der Waals surface area (Å²) in [5, 5.41) is 31.4. The molecular weight excluding hydrogens is 342 g/mol. The summed E-state index contributed by atoms with van der Waals surface area (Å²) < 4.78 is 7.17. The van der Waals surface area contributed by atoms with Crippen molar-refractivity contribution in [2.24, 2.45) is 0 Å². The Kier molecular flexibility index (Phi) is 4.07. The minimum Gasteiger partial charge on any atom is -0.508 e. The van der Waals surface area contributed by atoms with Crippen LogP contribution in [0.25, 0.3) is 11.2 Å². The molecule has 1 unspecified atom stereocenters. The van der Waals surface area contributed by atoms with Crippen LogP contribution in [0.5, 0.6) is 5.75 Å². The predicted molar refractivity (Wildman–Crippen MR) is 91.2 cm³/mol. The normalized spacial score (nSPS) is 22.8. The molecule has 3 heterocycles. The van der Waals surface area contributed by atoms with Crippen molar-refractivity contribution in [3.05, 3.63) is 40.9 Å². The molecule has 0 saturated carbocycles. The number of fused-ring (bicyclic) bond motifs is 1. The zero-order chi connectivity index (χ0) is 18.3. The van der Waals surface area contributed by atoms with Crippen LogP contribution in [0, 0.1) is 0 Å². The molecule has 0 spiro atoms. The molecular formula is C16H17N5O5. The summed E-state index contributed by atoms with van der Waals surface area (Å²) in [5.41, 5.74) is 0.647. The number of H-pyrrole nitrogens is 1. The van der Waals surface area contributed by atoms with Crippen LogP contribution in [0.3, 0.4) is 0 Å². The van der Waals surface area contributed by atoms with Gasteiger partial charge < -0.3 is 25.4 Å². The fourth-order valence-electron chi connectivity index (χ4n) is 2.93. The first-order valence-electron chi connectivity index (χ1n) is 8.02. The van der Waals surface area contributed by atoms with Gasteiger partial charge in [-0.2, -0.15) is 4.98 Å². The largest absolute Gasteiger partial charge is 0.508 e. The Labute approximate surface area is 146 Å². The second-order valence-electron chi connectivity index (χ2n) is 6.03. The first kappa shape index (κ1) is 16.5. The van der Waals surface area contributed by atoms with E-state index in [4.69, 9.17) is 4.74 Å². The van der Waals surface area contributed by atoms with E-state index in [0.29, 0.717) is 11.3 Å². The van der Waals surface area contributed by atoms with Gasteiger partial charge in [0.2, 0.25) is 5.95 Å². The van der Waals surface area contributed by atoms with E-state index in [1.165, 1.54) is 18.5 Å². The lowest BCUT2D eigenvalue weighted by atomic mass is 10.2. The molecule has 1 aliphatic rings. The highest BCUT2D eigenvalue weighted by molar-refractivity contribution is 5.72. The van der Waals surface area contributed by atoms with Crippen molar-refractivity contribution in [1.29, 1.82) is 0 Å². The van der Waals surface area contributed by atoms with Gasteiger partial charge in [-0.05, 0) is 24.3 Å². The van der Waals surface area contributed by atoms with Crippen LogP contribution in [0.4, 0.5) is 11.6 Å². The van der Waals surface area contributed by atoms with Gasteiger partial charge in [0.25, 0.3) is 5.56 Å². The molecule has 3 atom stereocenters. The number of hydrogen-bond donors (Lipinski definition) is 5. The lowest BCUT2D eigenvalue weighted by molar-refractivity contribution is -0.0432. The van der Waals surface area contributed by atoms with Crippen molar-refractivity contribution in [1.82, 2.24) is 19.5 Å². The predicted octanol–water partition coefficient (Wildman–Crippen LogP) is 0.209. The van der Waals surface area contributed by atoms with Gasteiger partial charge in [0.15, 0.2) is 11.2 Å². The summed E-state index contributed by atoms with van der Waals surface area (Å²) in [4.78, 5) is 23.3. The number of nitrogens with zero attached hydrogens (tertiary/aromatic N) is 3. The Balaban J connectivity index is 1.69. The topological polar surface area (TPSA) is 146 Å². The molecule has 2 aromatic heterocycles. The summed E-state index contributed by atoms with van der Waals surface area (Å²) in [7, 11) is 0. The van der Waals surface area contributed by atoms with Crippen molar-refractivity contribution >= 4 is 22.8 Å². The Morgan fingerprint density at radius 1 is 1.35 bits per heavy atom. The molecule has 0 bridgehead atoms. The molecule has 0 amide bonds. The number of aliphatic hydroxyl groups excluding tert-OH is 2. The van der Waals surface area contributed by atoms with E-state index in [2.05, 4.69) is 20.3 Å². The summed E-state index contributed by atoms with van der Waals surface area (Å²) in [6.07, 6.45) is -0.392. The van der Waals surface area contributed by atoms with Gasteiger partial charge in [0.1, 0.15) is 18.1 Å². The second-order valence-corrected chi connectivity index (χ2v) is 6.03. The Bertz CT molecular complexity index is 983. The minimum atomic E-state index is -0.806. The van der Waals surface area contributed by atoms with Crippen LogP contribution < -0.4 is 10.9 Å². The van der Waals surface area contributed by atoms with Gasteiger partial charge in [-0.25, -0.2) is 4.98 Å². The van der Waals surface area contributed by atoms with Gasteiger partial charge >= 0.3 is 0 Å². The summed E-state index contributed by atoms with van der Waals surface area (Å²) in [6.45, 7) is -0.300. The zero-order valence-corrected chi connectivity index (χ0v) is 13.5. The van der Waals surface area contributed by atoms with Crippen LogP contribution in [0.1, 0.15) is 12.6 Å². The van der Waals surface area contributed by atoms with Crippen molar-refractivity contribution in [3.8, 4) is 5.75 Å². The molecule has 0 radical (unpaired) electrons. The summed E-state index contributed by atoms with van der Waals surface area (Å²) in [5.74, 6) is 0.327. The Morgan fingerprint density at radius 2 is 2.12 bits per heavy atom. The SMILES string of the molecule is O=c1[nH]c(Nc2ccc(O)cc2)nc2c1ncn2[C@H]1CC(O)[C@@H](CO)O1. The van der Waals surface area contributed by atoms with Crippen LogP contribution in [-0.4, -0.2) is 53.7 Å². The third kappa shape index (κ3) is 2.90. The number of aromatic amines is 1. The average Bonchev–Trinajstić information content (AvgIpc) is 3.20. The van der Waals surface area contributed by atoms with Crippen LogP contribution in [0.2, 0.25) is 0 Å². The number of aromatic nitrogens is 4. The van der Waals surface area contributed by atoms with E-state index in [-0.39, 0.29) is 30.2 Å². The average molecular weight is 359 g/mol. The number of benzene rings is 1. The van der Waals surface area contributed by atoms with E-state index in [9.17, 15) is 20.1 Å². The van der Waals surface area contributed by atoms with Crippen molar-refractivity contribution in [3.63, 3.8) is 0 Å². The lowest BCUT2D eigenvalue weighted by Crippen LogP contribution is -2.24. The first-order chi connectivity index (χ1) is 12.5. The molecule has 26 heavy (non-hydrogen) atoms. The summed E-state index contributed by atoms with van der Waals surface area (Å²) in [6, 6.07) is 6.29. The van der Waals surface area contributed by atoms with Gasteiger partial charge in [-0.15, -0.1) is 0 Å². The van der Waals surface area contributed by atoms with Crippen LogP contribution in [-0.2, 0) is 4.74 Å². The fourth-order valence-corrected chi connectivity index (χ4v) is 2.93. The van der Waals surface area contributed by atoms with Crippen LogP contribution >= 0.6 is 0 Å². The monoisotopic (exact) mass is 359 g/mol. The quantitative estimate of drug-likeness (QED) is 0.416. The van der Waals surface area contributed by atoms with Gasteiger partial charge in [-0.3, -0.25) is 14.3 Å². The molecule has 10 heteroatoms. The summed E-state index contributed by atoms with van der Waals surface area (Å²) >= 11 is 0.